The highest BCUT2D eigenvalue weighted by Gasteiger charge is 2.77. The van der Waals surface area contributed by atoms with Gasteiger partial charge in [-0.25, -0.2) is 4.79 Å². The van der Waals surface area contributed by atoms with E-state index in [-0.39, 0.29) is 0 Å². The predicted octanol–water partition coefficient (Wildman–Crippen LogP) is 3.20. The van der Waals surface area contributed by atoms with E-state index >= 15 is 0 Å². The third-order valence-corrected chi connectivity index (χ3v) is 2.20. The summed E-state index contributed by atoms with van der Waals surface area (Å²) in [6, 6.07) is 0. The summed E-state index contributed by atoms with van der Waals surface area (Å²) in [5.41, 5.74) is 0. The van der Waals surface area contributed by atoms with E-state index in [1.807, 2.05) is 0 Å². The average molecular weight is 286 g/mol. The van der Waals surface area contributed by atoms with Crippen LogP contribution in [0.25, 0.3) is 0 Å². The van der Waals surface area contributed by atoms with Crippen LogP contribution in [0.3, 0.4) is 0 Å². The molecule has 0 unspecified atom stereocenters. The van der Waals surface area contributed by atoms with E-state index in [2.05, 4.69) is 4.43 Å². The van der Waals surface area contributed by atoms with Crippen molar-refractivity contribution in [3.63, 3.8) is 0 Å². The van der Waals surface area contributed by atoms with Crippen molar-refractivity contribution in [3.05, 3.63) is 0 Å². The summed E-state index contributed by atoms with van der Waals surface area (Å²) in [7, 11) is -3.00. The van der Waals surface area contributed by atoms with Crippen molar-refractivity contribution < 1.29 is 40.0 Å². The quantitative estimate of drug-likeness (QED) is 0.588. The highest BCUT2D eigenvalue weighted by atomic mass is 28.4. The largest absolute Gasteiger partial charge is 0.515 e. The Morgan fingerprint density at radius 1 is 0.941 bits per heavy atom. The van der Waals surface area contributed by atoms with Crippen LogP contribution in [0, 0.1) is 0 Å². The van der Waals surface area contributed by atoms with Crippen LogP contribution in [0.15, 0.2) is 0 Å². The first-order chi connectivity index (χ1) is 7.13. The molecule has 0 radical (unpaired) electrons. The number of alkyl halides is 7. The molecule has 0 rings (SSSR count). The van der Waals surface area contributed by atoms with E-state index < -0.39 is 32.3 Å². The molecule has 0 fully saturated rings. The van der Waals surface area contributed by atoms with Crippen LogP contribution in [-0.2, 0) is 9.22 Å². The summed E-state index contributed by atoms with van der Waals surface area (Å²) in [6.45, 7) is 3.56. The molecule has 0 aliphatic heterocycles. The molecule has 0 atom stereocenters. The van der Waals surface area contributed by atoms with Crippen LogP contribution >= 0.6 is 0 Å². The molecule has 0 saturated heterocycles. The molecule has 0 saturated carbocycles. The van der Waals surface area contributed by atoms with Crippen LogP contribution in [0.5, 0.6) is 0 Å². The topological polar surface area (TPSA) is 26.3 Å². The lowest BCUT2D eigenvalue weighted by atomic mass is 10.1. The molecule has 2 nitrogen and oxygen atoms in total. The SMILES string of the molecule is C[Si](C)(C)OC(=O)C(F)(F)C(F)(F)C(F)(F)F. The molecule has 0 bridgehead atoms. The maximum atomic E-state index is 12.7. The van der Waals surface area contributed by atoms with Gasteiger partial charge in [-0.05, 0) is 19.6 Å². The van der Waals surface area contributed by atoms with Crippen molar-refractivity contribution in [3.8, 4) is 0 Å². The lowest BCUT2D eigenvalue weighted by Gasteiger charge is -2.29. The number of carbonyl (C=O) groups is 1. The Hall–Kier alpha value is -0.803. The zero-order valence-electron chi connectivity index (χ0n) is 8.96. The highest BCUT2D eigenvalue weighted by Crippen LogP contribution is 2.47. The number of hydrogen-bond acceptors (Lipinski definition) is 2. The molecule has 0 heterocycles. The monoisotopic (exact) mass is 286 g/mol. The molecule has 0 aliphatic carbocycles. The zero-order valence-corrected chi connectivity index (χ0v) is 9.96. The summed E-state index contributed by atoms with van der Waals surface area (Å²) < 4.78 is 89.2. The Kier molecular flexibility index (Phi) is 3.95. The van der Waals surface area contributed by atoms with Crippen LogP contribution in [0.2, 0.25) is 19.6 Å². The number of carbonyl (C=O) groups excluding carboxylic acids is 1. The minimum Gasteiger partial charge on any atom is -0.515 e. The van der Waals surface area contributed by atoms with Gasteiger partial charge in [0, 0.05) is 0 Å². The number of halogens is 7. The average Bonchev–Trinajstić information content (AvgIpc) is 1.97. The molecular weight excluding hydrogens is 277 g/mol. The lowest BCUT2D eigenvalue weighted by molar-refractivity contribution is -0.347. The molecule has 10 heteroatoms. The van der Waals surface area contributed by atoms with Crippen molar-refractivity contribution in [2.45, 2.75) is 37.7 Å². The Morgan fingerprint density at radius 2 is 1.29 bits per heavy atom. The number of hydrogen-bond donors (Lipinski definition) is 0. The third-order valence-electron chi connectivity index (χ3n) is 1.41. The fourth-order valence-electron chi connectivity index (χ4n) is 0.648. The van der Waals surface area contributed by atoms with Gasteiger partial charge in [-0.15, -0.1) is 0 Å². The maximum Gasteiger partial charge on any atom is 0.460 e. The third kappa shape index (κ3) is 3.33. The van der Waals surface area contributed by atoms with Gasteiger partial charge in [-0.2, -0.15) is 30.7 Å². The Balaban J connectivity index is 5.22. The van der Waals surface area contributed by atoms with E-state index in [1.54, 1.807) is 0 Å². The van der Waals surface area contributed by atoms with Gasteiger partial charge in [-0.3, -0.25) is 0 Å². The van der Waals surface area contributed by atoms with Gasteiger partial charge >= 0.3 is 24.0 Å². The second-order valence-corrected chi connectivity index (χ2v) is 8.58. The van der Waals surface area contributed by atoms with Crippen molar-refractivity contribution >= 4 is 14.3 Å². The molecule has 17 heavy (non-hydrogen) atoms. The molecule has 102 valence electrons. The van der Waals surface area contributed by atoms with E-state index in [4.69, 9.17) is 0 Å². The van der Waals surface area contributed by atoms with Gasteiger partial charge in [0.1, 0.15) is 0 Å². The molecule has 0 aromatic heterocycles. The van der Waals surface area contributed by atoms with Gasteiger partial charge in [0.25, 0.3) is 0 Å². The normalized spacial score (nSPS) is 14.7. The highest BCUT2D eigenvalue weighted by molar-refractivity contribution is 6.71. The van der Waals surface area contributed by atoms with Crippen LogP contribution < -0.4 is 0 Å². The second kappa shape index (κ2) is 4.14. The first-order valence-electron chi connectivity index (χ1n) is 4.19. The van der Waals surface area contributed by atoms with E-state index in [9.17, 15) is 35.5 Å². The smallest absolute Gasteiger partial charge is 0.460 e. The molecule has 0 spiro atoms. The number of rotatable bonds is 3. The van der Waals surface area contributed by atoms with E-state index in [1.165, 1.54) is 19.6 Å². The van der Waals surface area contributed by atoms with E-state index in [0.29, 0.717) is 0 Å². The lowest BCUT2D eigenvalue weighted by Crippen LogP contribution is -2.58. The summed E-state index contributed by atoms with van der Waals surface area (Å²) in [5.74, 6) is -15.3. The Morgan fingerprint density at radius 3 is 1.53 bits per heavy atom. The molecular formula is C7H9F7O2Si. The van der Waals surface area contributed by atoms with Crippen LogP contribution in [0.1, 0.15) is 0 Å². The molecule has 0 aliphatic rings. The summed E-state index contributed by atoms with van der Waals surface area (Å²) in [5, 5.41) is 0. The molecule has 0 aromatic rings. The van der Waals surface area contributed by atoms with Crippen molar-refractivity contribution in [1.29, 1.82) is 0 Å². The van der Waals surface area contributed by atoms with E-state index in [0.717, 1.165) is 0 Å². The van der Waals surface area contributed by atoms with Crippen LogP contribution in [0.4, 0.5) is 30.7 Å². The first-order valence-corrected chi connectivity index (χ1v) is 7.59. The van der Waals surface area contributed by atoms with Gasteiger partial charge in [0.2, 0.25) is 8.32 Å². The molecule has 0 aromatic carbocycles. The Labute approximate surface area is 92.9 Å². The van der Waals surface area contributed by atoms with Gasteiger partial charge in [-0.1, -0.05) is 0 Å². The van der Waals surface area contributed by atoms with Crippen molar-refractivity contribution in [1.82, 2.24) is 0 Å². The minimum absolute atomic E-state index is 1.19. The summed E-state index contributed by atoms with van der Waals surface area (Å²) in [6.07, 6.45) is -6.53. The molecule has 0 N–H and O–H groups in total. The summed E-state index contributed by atoms with van der Waals surface area (Å²) in [4.78, 5) is 10.7. The summed E-state index contributed by atoms with van der Waals surface area (Å²) >= 11 is 0. The maximum absolute atomic E-state index is 12.7. The van der Waals surface area contributed by atoms with Crippen molar-refractivity contribution in [2.24, 2.45) is 0 Å². The van der Waals surface area contributed by atoms with Gasteiger partial charge in [0.15, 0.2) is 0 Å². The molecule has 0 amide bonds. The fourth-order valence-corrected chi connectivity index (χ4v) is 1.33. The van der Waals surface area contributed by atoms with Crippen LogP contribution in [-0.4, -0.2) is 32.3 Å². The second-order valence-electron chi connectivity index (χ2n) is 4.15. The fraction of sp³-hybridized carbons (Fsp3) is 0.857. The Bertz CT molecular complexity index is 304. The van der Waals surface area contributed by atoms with Gasteiger partial charge in [0.05, 0.1) is 0 Å². The standard InChI is InChI=1S/C7H9F7O2Si/c1-17(2,3)16-4(15)5(8,9)6(10,11)7(12,13)14/h1-3H3. The minimum atomic E-state index is -6.53. The first kappa shape index (κ1) is 16.2. The zero-order chi connectivity index (χ0) is 14.3. The predicted molar refractivity (Wildman–Crippen MR) is 45.4 cm³/mol. The van der Waals surface area contributed by atoms with Crippen molar-refractivity contribution in [2.75, 3.05) is 0 Å². The van der Waals surface area contributed by atoms with Gasteiger partial charge < -0.3 is 4.43 Å².